The zero-order valence-corrected chi connectivity index (χ0v) is 10.0. The number of amides is 1. The number of thiocarbonyl (C=S) groups is 1. The number of aromatic nitrogens is 3. The standard InChI is InChI=1S/C10H11N5OS/c1-14(6-9(11)17)10(16)7-4-13-15-3-2-12-5-8(7)15/h2-5H,6H2,1H3,(H2,11,17). The van der Waals surface area contributed by atoms with Gasteiger partial charge >= 0.3 is 0 Å². The van der Waals surface area contributed by atoms with Gasteiger partial charge in [-0.15, -0.1) is 0 Å². The van der Waals surface area contributed by atoms with Crippen LogP contribution in [0.5, 0.6) is 0 Å². The number of hydrogen-bond donors (Lipinski definition) is 1. The van der Waals surface area contributed by atoms with Gasteiger partial charge < -0.3 is 10.6 Å². The molecule has 88 valence electrons. The second-order valence-corrected chi connectivity index (χ2v) is 4.12. The smallest absolute Gasteiger partial charge is 0.257 e. The molecule has 2 aromatic heterocycles. The highest BCUT2D eigenvalue weighted by atomic mass is 32.1. The molecule has 17 heavy (non-hydrogen) atoms. The van der Waals surface area contributed by atoms with Crippen LogP contribution >= 0.6 is 12.2 Å². The molecule has 7 heteroatoms. The lowest BCUT2D eigenvalue weighted by Gasteiger charge is -2.15. The monoisotopic (exact) mass is 249 g/mol. The fraction of sp³-hybridized carbons (Fsp3) is 0.200. The summed E-state index contributed by atoms with van der Waals surface area (Å²) in [5, 5.41) is 4.07. The zero-order valence-electron chi connectivity index (χ0n) is 9.20. The van der Waals surface area contributed by atoms with E-state index in [4.69, 9.17) is 18.0 Å². The number of nitrogens with two attached hydrogens (primary N) is 1. The third kappa shape index (κ3) is 2.23. The average Bonchev–Trinajstić information content (AvgIpc) is 2.70. The van der Waals surface area contributed by atoms with Crippen molar-refractivity contribution in [2.24, 2.45) is 5.73 Å². The Kier molecular flexibility index (Phi) is 3.01. The molecule has 6 nitrogen and oxygen atoms in total. The van der Waals surface area contributed by atoms with Crippen LogP contribution in [0.4, 0.5) is 0 Å². The number of fused-ring (bicyclic) bond motifs is 1. The van der Waals surface area contributed by atoms with E-state index < -0.39 is 0 Å². The number of carbonyl (C=O) groups is 1. The van der Waals surface area contributed by atoms with Crippen molar-refractivity contribution in [1.82, 2.24) is 19.5 Å². The van der Waals surface area contributed by atoms with Gasteiger partial charge in [0.05, 0.1) is 35.0 Å². The van der Waals surface area contributed by atoms with Crippen LogP contribution in [0, 0.1) is 0 Å². The first-order valence-electron chi connectivity index (χ1n) is 4.90. The Bertz CT molecular complexity index is 579. The largest absolute Gasteiger partial charge is 0.392 e. The molecular weight excluding hydrogens is 238 g/mol. The van der Waals surface area contributed by atoms with Crippen LogP contribution in [0.2, 0.25) is 0 Å². The molecule has 0 saturated carbocycles. The molecular formula is C10H11N5OS. The average molecular weight is 249 g/mol. The fourth-order valence-electron chi connectivity index (χ4n) is 1.51. The molecule has 0 spiro atoms. The highest BCUT2D eigenvalue weighted by Crippen LogP contribution is 2.10. The zero-order chi connectivity index (χ0) is 12.4. The van der Waals surface area contributed by atoms with Gasteiger partial charge in [0.1, 0.15) is 0 Å². The molecule has 0 aliphatic carbocycles. The van der Waals surface area contributed by atoms with E-state index in [9.17, 15) is 4.79 Å². The lowest BCUT2D eigenvalue weighted by molar-refractivity contribution is 0.0817. The van der Waals surface area contributed by atoms with Crippen molar-refractivity contribution in [3.05, 3.63) is 30.4 Å². The summed E-state index contributed by atoms with van der Waals surface area (Å²) in [6.45, 7) is 0.242. The normalized spacial score (nSPS) is 10.4. The van der Waals surface area contributed by atoms with Crippen molar-refractivity contribution < 1.29 is 4.79 Å². The van der Waals surface area contributed by atoms with E-state index in [1.165, 1.54) is 11.1 Å². The molecule has 0 aliphatic rings. The van der Waals surface area contributed by atoms with Gasteiger partial charge in [0.2, 0.25) is 0 Å². The van der Waals surface area contributed by atoms with Crippen molar-refractivity contribution in [2.75, 3.05) is 13.6 Å². The van der Waals surface area contributed by atoms with Crippen molar-refractivity contribution in [2.45, 2.75) is 0 Å². The summed E-state index contributed by atoms with van der Waals surface area (Å²) in [5.74, 6) is -0.180. The number of likely N-dealkylation sites (N-methyl/N-ethyl adjacent to an activating group) is 1. The van der Waals surface area contributed by atoms with E-state index in [1.54, 1.807) is 30.2 Å². The molecule has 2 N–H and O–H groups in total. The van der Waals surface area contributed by atoms with Crippen LogP contribution in [0.25, 0.3) is 5.52 Å². The first-order valence-corrected chi connectivity index (χ1v) is 5.31. The van der Waals surface area contributed by atoms with Crippen LogP contribution in [-0.2, 0) is 0 Å². The summed E-state index contributed by atoms with van der Waals surface area (Å²) in [6, 6.07) is 0. The van der Waals surface area contributed by atoms with Crippen LogP contribution in [0.15, 0.2) is 24.8 Å². The minimum atomic E-state index is -0.180. The minimum Gasteiger partial charge on any atom is -0.392 e. The van der Waals surface area contributed by atoms with E-state index in [1.807, 2.05) is 0 Å². The number of hydrogen-bond acceptors (Lipinski definition) is 4. The Hall–Kier alpha value is -2.02. The van der Waals surface area contributed by atoms with E-state index in [0.717, 1.165) is 0 Å². The maximum absolute atomic E-state index is 12.1. The van der Waals surface area contributed by atoms with Crippen LogP contribution in [0.1, 0.15) is 10.4 Å². The molecule has 0 saturated heterocycles. The summed E-state index contributed by atoms with van der Waals surface area (Å²) in [7, 11) is 1.64. The van der Waals surface area contributed by atoms with Gasteiger partial charge in [0.25, 0.3) is 5.91 Å². The Morgan fingerprint density at radius 1 is 1.59 bits per heavy atom. The third-order valence-electron chi connectivity index (χ3n) is 2.29. The molecule has 2 rings (SSSR count). The van der Waals surface area contributed by atoms with Gasteiger partial charge in [-0.3, -0.25) is 9.78 Å². The number of nitrogens with zero attached hydrogens (tertiary/aromatic N) is 4. The lowest BCUT2D eigenvalue weighted by Crippen LogP contribution is -2.34. The number of rotatable bonds is 3. The summed E-state index contributed by atoms with van der Waals surface area (Å²) in [5.41, 5.74) is 6.54. The van der Waals surface area contributed by atoms with E-state index in [0.29, 0.717) is 11.1 Å². The molecule has 0 fully saturated rings. The van der Waals surface area contributed by atoms with Gasteiger partial charge in [-0.05, 0) is 0 Å². The van der Waals surface area contributed by atoms with Gasteiger partial charge in [0, 0.05) is 19.4 Å². The Morgan fingerprint density at radius 3 is 3.06 bits per heavy atom. The van der Waals surface area contributed by atoms with E-state index >= 15 is 0 Å². The number of carbonyl (C=O) groups excluding carboxylic acids is 1. The summed E-state index contributed by atoms with van der Waals surface area (Å²) < 4.78 is 1.59. The summed E-state index contributed by atoms with van der Waals surface area (Å²) in [4.78, 5) is 17.8. The van der Waals surface area contributed by atoms with Crippen molar-refractivity contribution in [3.8, 4) is 0 Å². The molecule has 0 atom stereocenters. The maximum Gasteiger partial charge on any atom is 0.257 e. The van der Waals surface area contributed by atoms with Crippen molar-refractivity contribution in [1.29, 1.82) is 0 Å². The van der Waals surface area contributed by atoms with Crippen LogP contribution in [-0.4, -0.2) is 44.0 Å². The van der Waals surface area contributed by atoms with E-state index in [-0.39, 0.29) is 17.4 Å². The predicted octanol–water partition coefficient (Wildman–Crippen LogP) is 0.0874. The highest BCUT2D eigenvalue weighted by Gasteiger charge is 2.17. The van der Waals surface area contributed by atoms with Gasteiger partial charge in [-0.2, -0.15) is 5.10 Å². The molecule has 0 bridgehead atoms. The molecule has 2 aromatic rings. The molecule has 0 radical (unpaired) electrons. The molecule has 1 amide bonds. The quantitative estimate of drug-likeness (QED) is 0.780. The van der Waals surface area contributed by atoms with Gasteiger partial charge in [-0.1, -0.05) is 12.2 Å². The van der Waals surface area contributed by atoms with Gasteiger partial charge in [0.15, 0.2) is 0 Å². The highest BCUT2D eigenvalue weighted by molar-refractivity contribution is 7.80. The Labute approximate surface area is 103 Å². The molecule has 0 aromatic carbocycles. The SMILES string of the molecule is CN(CC(N)=S)C(=O)c1cnn2ccncc12. The second kappa shape index (κ2) is 4.46. The summed E-state index contributed by atoms with van der Waals surface area (Å²) >= 11 is 4.77. The van der Waals surface area contributed by atoms with Gasteiger partial charge in [-0.25, -0.2) is 4.52 Å². The van der Waals surface area contributed by atoms with Crippen molar-refractivity contribution in [3.63, 3.8) is 0 Å². The first kappa shape index (κ1) is 11.5. The molecule has 0 aliphatic heterocycles. The lowest BCUT2D eigenvalue weighted by atomic mass is 10.2. The van der Waals surface area contributed by atoms with Crippen LogP contribution in [0.3, 0.4) is 0 Å². The Morgan fingerprint density at radius 2 is 2.35 bits per heavy atom. The fourth-order valence-corrected chi connectivity index (χ4v) is 1.70. The third-order valence-corrected chi connectivity index (χ3v) is 2.42. The molecule has 0 unspecified atom stereocenters. The second-order valence-electron chi connectivity index (χ2n) is 3.59. The van der Waals surface area contributed by atoms with Crippen molar-refractivity contribution >= 4 is 28.6 Å². The van der Waals surface area contributed by atoms with E-state index in [2.05, 4.69) is 10.1 Å². The maximum atomic E-state index is 12.1. The van der Waals surface area contributed by atoms with Crippen LogP contribution < -0.4 is 5.73 Å². The first-order chi connectivity index (χ1) is 8.09. The predicted molar refractivity (Wildman–Crippen MR) is 66.7 cm³/mol. The Balaban J connectivity index is 2.33. The summed E-state index contributed by atoms with van der Waals surface area (Å²) in [6.07, 6.45) is 6.39. The minimum absolute atomic E-state index is 0.180. The topological polar surface area (TPSA) is 76.5 Å². The molecule has 2 heterocycles.